The molecule has 0 radical (unpaired) electrons. The second-order valence-electron chi connectivity index (χ2n) is 8.98. The fourth-order valence-corrected chi connectivity index (χ4v) is 5.50. The van der Waals surface area contributed by atoms with Gasteiger partial charge in [0.15, 0.2) is 11.2 Å². The van der Waals surface area contributed by atoms with Crippen LogP contribution in [0.5, 0.6) is 0 Å². The van der Waals surface area contributed by atoms with Crippen LogP contribution in [-0.4, -0.2) is 23.0 Å². The van der Waals surface area contributed by atoms with E-state index in [1.807, 2.05) is 26.2 Å². The number of carbonyl (C=O) groups is 2. The summed E-state index contributed by atoms with van der Waals surface area (Å²) in [5, 5.41) is 7.18. The van der Waals surface area contributed by atoms with Gasteiger partial charge in [0.05, 0.1) is 12.1 Å². The van der Waals surface area contributed by atoms with Gasteiger partial charge in [0.1, 0.15) is 0 Å². The highest BCUT2D eigenvalue weighted by Crippen LogP contribution is 2.37. The largest absolute Gasteiger partial charge is 0.412 e. The smallest absolute Gasteiger partial charge is 0.337 e. The molecule has 3 aromatic rings. The Hall–Kier alpha value is -3.37. The summed E-state index contributed by atoms with van der Waals surface area (Å²) < 4.78 is 41.0. The number of rotatable bonds is 10. The minimum Gasteiger partial charge on any atom is -0.337 e. The van der Waals surface area contributed by atoms with E-state index in [2.05, 4.69) is 28.6 Å². The lowest BCUT2D eigenvalue weighted by molar-refractivity contribution is -0.155. The summed E-state index contributed by atoms with van der Waals surface area (Å²) in [7, 11) is 0. The van der Waals surface area contributed by atoms with E-state index in [4.69, 9.17) is 0 Å². The lowest BCUT2D eigenvalue weighted by Crippen LogP contribution is -2.38. The molecule has 0 saturated heterocycles. The number of hydrogen-bond donors (Lipinski definition) is 2. The van der Waals surface area contributed by atoms with Gasteiger partial charge in [-0.15, -0.1) is 11.3 Å². The van der Waals surface area contributed by atoms with E-state index in [1.54, 1.807) is 23.9 Å². The predicted molar refractivity (Wildman–Crippen MR) is 154 cm³/mol. The van der Waals surface area contributed by atoms with Gasteiger partial charge in [0.2, 0.25) is 5.91 Å². The molecule has 0 saturated carbocycles. The van der Waals surface area contributed by atoms with E-state index >= 15 is 0 Å². The van der Waals surface area contributed by atoms with Gasteiger partial charge in [0, 0.05) is 15.8 Å². The molecule has 0 unspecified atom stereocenters. The van der Waals surface area contributed by atoms with Crippen LogP contribution < -0.4 is 10.6 Å². The molecule has 2 N–H and O–H groups in total. The van der Waals surface area contributed by atoms with Gasteiger partial charge in [-0.3, -0.25) is 9.59 Å². The molecular formula is C29H30F3N3O2S2. The standard InChI is InChI=1S/C29H30F3N3O2S2/c1-5-10-19(4)39-25(18(2)3)23-17-38-28(33-23)34-24(36)16-20-11-9-14-22(15-20)27(37)35-26(29(30,31)32)21-12-7-6-8-13-21/h6-15,17,26H,5,16H2,1-4H3,(H,35,37)(H,33,34,36)/b19-10+/t26-/m1/s1. The summed E-state index contributed by atoms with van der Waals surface area (Å²) in [5.74, 6) is -1.23. The van der Waals surface area contributed by atoms with E-state index in [0.717, 1.165) is 22.6 Å². The number of hydrogen-bond acceptors (Lipinski definition) is 5. The van der Waals surface area contributed by atoms with Gasteiger partial charge in [-0.25, -0.2) is 4.98 Å². The summed E-state index contributed by atoms with van der Waals surface area (Å²) in [5.41, 5.74) is 2.34. The number of alkyl halides is 3. The first kappa shape index (κ1) is 30.2. The Morgan fingerprint density at radius 1 is 1.08 bits per heavy atom. The number of allylic oxidation sites excluding steroid dienone is 3. The van der Waals surface area contributed by atoms with Crippen molar-refractivity contribution < 1.29 is 22.8 Å². The molecule has 10 heteroatoms. The molecule has 5 nitrogen and oxygen atoms in total. The average molecular weight is 574 g/mol. The molecule has 0 spiro atoms. The average Bonchev–Trinajstić information content (AvgIpc) is 3.33. The van der Waals surface area contributed by atoms with E-state index in [1.165, 1.54) is 58.7 Å². The maximum atomic E-state index is 13.7. The van der Waals surface area contributed by atoms with Crippen molar-refractivity contribution in [1.29, 1.82) is 0 Å². The monoisotopic (exact) mass is 573 g/mol. The normalized spacial score (nSPS) is 12.5. The molecule has 1 aromatic heterocycles. The Bertz CT molecular complexity index is 1360. The first-order valence-electron chi connectivity index (χ1n) is 12.3. The number of thioether (sulfide) groups is 1. The van der Waals surface area contributed by atoms with E-state index < -0.39 is 18.1 Å². The van der Waals surface area contributed by atoms with Crippen molar-refractivity contribution in [3.8, 4) is 0 Å². The molecule has 0 aliphatic carbocycles. The minimum atomic E-state index is -4.67. The fraction of sp³-hybridized carbons (Fsp3) is 0.276. The Balaban J connectivity index is 1.68. The van der Waals surface area contributed by atoms with Crippen molar-refractivity contribution in [2.24, 2.45) is 0 Å². The Labute approximate surface area is 234 Å². The highest BCUT2D eigenvalue weighted by molar-refractivity contribution is 8.11. The van der Waals surface area contributed by atoms with Crippen LogP contribution in [0, 0.1) is 0 Å². The molecule has 206 valence electrons. The molecule has 0 bridgehead atoms. The first-order valence-corrected chi connectivity index (χ1v) is 14.0. The summed E-state index contributed by atoms with van der Waals surface area (Å²) in [4.78, 5) is 32.2. The van der Waals surface area contributed by atoms with Crippen molar-refractivity contribution in [3.05, 3.63) is 98.9 Å². The third kappa shape index (κ3) is 8.83. The molecule has 2 amide bonds. The summed E-state index contributed by atoms with van der Waals surface area (Å²) >= 11 is 2.95. The van der Waals surface area contributed by atoms with Crippen molar-refractivity contribution in [1.82, 2.24) is 10.3 Å². The number of aromatic nitrogens is 1. The molecule has 0 fully saturated rings. The van der Waals surface area contributed by atoms with Crippen molar-refractivity contribution >= 4 is 44.9 Å². The molecular weight excluding hydrogens is 543 g/mol. The maximum absolute atomic E-state index is 13.7. The van der Waals surface area contributed by atoms with Crippen molar-refractivity contribution in [2.75, 3.05) is 5.32 Å². The van der Waals surface area contributed by atoms with Crippen molar-refractivity contribution in [3.63, 3.8) is 0 Å². The number of nitrogens with zero attached hydrogens (tertiary/aromatic N) is 1. The zero-order valence-electron chi connectivity index (χ0n) is 22.1. The number of thiazole rings is 1. The lowest BCUT2D eigenvalue weighted by Gasteiger charge is -2.22. The second-order valence-corrected chi connectivity index (χ2v) is 11.1. The molecule has 1 atom stereocenters. The van der Waals surface area contributed by atoms with Crippen LogP contribution in [0.1, 0.15) is 67.3 Å². The molecule has 0 aliphatic rings. The number of amides is 2. The van der Waals surface area contributed by atoms with Gasteiger partial charge in [-0.1, -0.05) is 72.8 Å². The van der Waals surface area contributed by atoms with Crippen LogP contribution in [0.2, 0.25) is 0 Å². The zero-order valence-corrected chi connectivity index (χ0v) is 23.7. The van der Waals surface area contributed by atoms with Crippen LogP contribution >= 0.6 is 23.1 Å². The van der Waals surface area contributed by atoms with Crippen LogP contribution in [0.15, 0.2) is 76.5 Å². The highest BCUT2D eigenvalue weighted by Gasteiger charge is 2.41. The van der Waals surface area contributed by atoms with Crippen LogP contribution in [0.3, 0.4) is 0 Å². The van der Waals surface area contributed by atoms with Gasteiger partial charge in [-0.05, 0) is 55.4 Å². The van der Waals surface area contributed by atoms with E-state index in [-0.39, 0.29) is 23.5 Å². The number of anilines is 1. The van der Waals surface area contributed by atoms with Crippen LogP contribution in [0.4, 0.5) is 18.3 Å². The zero-order chi connectivity index (χ0) is 28.6. The molecule has 39 heavy (non-hydrogen) atoms. The predicted octanol–water partition coefficient (Wildman–Crippen LogP) is 8.16. The third-order valence-electron chi connectivity index (χ3n) is 5.48. The number of halogens is 3. The number of benzene rings is 2. The summed E-state index contributed by atoms with van der Waals surface area (Å²) in [6.45, 7) is 8.15. The molecule has 2 aromatic carbocycles. The Morgan fingerprint density at radius 2 is 1.79 bits per heavy atom. The SMILES string of the molecule is CC/C=C(\C)SC(=C(C)C)c1csc(NC(=O)Cc2cccc(C(=O)N[C@H](c3ccccc3)C(F)(F)F)c2)n1. The Morgan fingerprint density at radius 3 is 2.44 bits per heavy atom. The molecule has 3 rings (SSSR count). The quantitative estimate of drug-likeness (QED) is 0.257. The van der Waals surface area contributed by atoms with Crippen LogP contribution in [-0.2, 0) is 11.2 Å². The van der Waals surface area contributed by atoms with E-state index in [9.17, 15) is 22.8 Å². The second kappa shape index (κ2) is 13.6. The summed E-state index contributed by atoms with van der Waals surface area (Å²) in [6.07, 6.45) is -1.66. The third-order valence-corrected chi connectivity index (χ3v) is 7.55. The minimum absolute atomic E-state index is 0.0303. The molecule has 0 aliphatic heterocycles. The molecule has 1 heterocycles. The van der Waals surface area contributed by atoms with Crippen molar-refractivity contribution in [2.45, 2.75) is 52.8 Å². The van der Waals surface area contributed by atoms with E-state index in [0.29, 0.717) is 10.7 Å². The Kier molecular flexibility index (Phi) is 10.5. The summed E-state index contributed by atoms with van der Waals surface area (Å²) in [6, 6.07) is 11.0. The van der Waals surface area contributed by atoms with Gasteiger partial charge in [-0.2, -0.15) is 13.2 Å². The first-order chi connectivity index (χ1) is 18.5. The van der Waals surface area contributed by atoms with Gasteiger partial charge < -0.3 is 10.6 Å². The number of nitrogens with one attached hydrogen (secondary N) is 2. The van der Waals surface area contributed by atoms with Gasteiger partial charge >= 0.3 is 6.18 Å². The maximum Gasteiger partial charge on any atom is 0.412 e. The lowest BCUT2D eigenvalue weighted by atomic mass is 10.0. The van der Waals surface area contributed by atoms with Gasteiger partial charge in [0.25, 0.3) is 5.91 Å². The topological polar surface area (TPSA) is 71.1 Å². The fourth-order valence-electron chi connectivity index (χ4n) is 3.72. The van der Waals surface area contributed by atoms with Crippen LogP contribution in [0.25, 0.3) is 4.91 Å². The number of carbonyl (C=O) groups excluding carboxylic acids is 2. The highest BCUT2D eigenvalue weighted by atomic mass is 32.2.